The van der Waals surface area contributed by atoms with Gasteiger partial charge < -0.3 is 15.3 Å². The Labute approximate surface area is 134 Å². The molecule has 2 amide bonds. The highest BCUT2D eigenvalue weighted by molar-refractivity contribution is 7.07. The first-order chi connectivity index (χ1) is 10.6. The molecule has 2 aliphatic rings. The summed E-state index contributed by atoms with van der Waals surface area (Å²) in [5.41, 5.74) is 1.23. The zero-order chi connectivity index (χ0) is 15.5. The maximum atomic E-state index is 12.5. The minimum atomic E-state index is -0.707. The van der Waals surface area contributed by atoms with Crippen LogP contribution in [0.3, 0.4) is 0 Å². The van der Waals surface area contributed by atoms with Gasteiger partial charge in [-0.15, -0.1) is 0 Å². The summed E-state index contributed by atoms with van der Waals surface area (Å²) >= 11 is 1.66. The van der Waals surface area contributed by atoms with Crippen LogP contribution in [0.25, 0.3) is 0 Å². The molecule has 1 saturated carbocycles. The smallest absolute Gasteiger partial charge is 0.318 e. The number of aliphatic carboxylic acids is 1. The fraction of sp³-hybridized carbons (Fsp3) is 0.625. The molecule has 5 nitrogen and oxygen atoms in total. The number of thiophene rings is 1. The van der Waals surface area contributed by atoms with Gasteiger partial charge in [0.1, 0.15) is 0 Å². The molecule has 120 valence electrons. The van der Waals surface area contributed by atoms with Crippen LogP contribution in [0.2, 0.25) is 0 Å². The molecule has 1 atom stereocenters. The summed E-state index contributed by atoms with van der Waals surface area (Å²) in [5.74, 6) is -0.944. The van der Waals surface area contributed by atoms with Crippen molar-refractivity contribution in [2.75, 3.05) is 6.54 Å². The van der Waals surface area contributed by atoms with Crippen LogP contribution in [-0.2, 0) is 4.79 Å². The average Bonchev–Trinajstić information content (AvgIpc) is 3.18. The first-order valence-electron chi connectivity index (χ1n) is 7.97. The van der Waals surface area contributed by atoms with E-state index < -0.39 is 5.97 Å². The summed E-state index contributed by atoms with van der Waals surface area (Å²) in [7, 11) is 0. The lowest BCUT2D eigenvalue weighted by molar-refractivity contribution is -0.142. The summed E-state index contributed by atoms with van der Waals surface area (Å²) in [6, 6.07) is 2.42. The predicted molar refractivity (Wildman–Crippen MR) is 84.9 cm³/mol. The molecule has 1 aliphatic heterocycles. The van der Waals surface area contributed by atoms with E-state index >= 15 is 0 Å². The van der Waals surface area contributed by atoms with Gasteiger partial charge in [0.25, 0.3) is 0 Å². The molecule has 2 N–H and O–H groups in total. The van der Waals surface area contributed by atoms with E-state index in [1.54, 1.807) is 11.3 Å². The van der Waals surface area contributed by atoms with E-state index in [0.29, 0.717) is 12.8 Å². The fourth-order valence-electron chi connectivity index (χ4n) is 3.56. The molecule has 1 aliphatic carbocycles. The van der Waals surface area contributed by atoms with Crippen molar-refractivity contribution >= 4 is 23.3 Å². The van der Waals surface area contributed by atoms with E-state index in [1.165, 1.54) is 5.56 Å². The number of carboxylic acid groups (broad SMARTS) is 1. The second-order valence-electron chi connectivity index (χ2n) is 6.24. The van der Waals surface area contributed by atoms with Crippen LogP contribution >= 0.6 is 11.3 Å². The van der Waals surface area contributed by atoms with Crippen molar-refractivity contribution in [1.82, 2.24) is 10.2 Å². The van der Waals surface area contributed by atoms with Crippen molar-refractivity contribution in [1.29, 1.82) is 0 Å². The molecular formula is C16H22N2O3S. The molecule has 0 spiro atoms. The SMILES string of the molecule is O=C(O)C1CCC(NC(=O)N2CCCC2c2ccsc2)CC1. The molecule has 1 unspecified atom stereocenters. The quantitative estimate of drug-likeness (QED) is 0.897. The van der Waals surface area contributed by atoms with E-state index in [9.17, 15) is 9.59 Å². The number of rotatable bonds is 3. The third kappa shape index (κ3) is 3.27. The monoisotopic (exact) mass is 322 g/mol. The first kappa shape index (κ1) is 15.3. The zero-order valence-corrected chi connectivity index (χ0v) is 13.3. The molecule has 3 rings (SSSR count). The molecule has 1 aromatic heterocycles. The summed E-state index contributed by atoms with van der Waals surface area (Å²) in [6.07, 6.45) is 4.91. The van der Waals surface area contributed by atoms with Gasteiger partial charge in [-0.25, -0.2) is 4.79 Å². The van der Waals surface area contributed by atoms with Crippen molar-refractivity contribution in [3.63, 3.8) is 0 Å². The van der Waals surface area contributed by atoms with Gasteiger partial charge in [0.05, 0.1) is 12.0 Å². The predicted octanol–water partition coefficient (Wildman–Crippen LogP) is 3.24. The Balaban J connectivity index is 1.55. The van der Waals surface area contributed by atoms with E-state index in [2.05, 4.69) is 22.1 Å². The highest BCUT2D eigenvalue weighted by Crippen LogP contribution is 2.33. The standard InChI is InChI=1S/C16H22N2O3S/c19-15(20)11-3-5-13(6-4-11)17-16(21)18-8-1-2-14(18)12-7-9-22-10-12/h7,9-11,13-14H,1-6,8H2,(H,17,21)(H,19,20). The highest BCUT2D eigenvalue weighted by Gasteiger charge is 2.32. The molecule has 22 heavy (non-hydrogen) atoms. The maximum absolute atomic E-state index is 12.5. The van der Waals surface area contributed by atoms with Crippen LogP contribution in [0, 0.1) is 5.92 Å². The van der Waals surface area contributed by atoms with Crippen LogP contribution in [-0.4, -0.2) is 34.6 Å². The van der Waals surface area contributed by atoms with E-state index in [4.69, 9.17) is 5.11 Å². The number of carboxylic acids is 1. The Bertz CT molecular complexity index is 524. The van der Waals surface area contributed by atoms with Gasteiger partial charge in [-0.3, -0.25) is 4.79 Å². The molecule has 0 bridgehead atoms. The number of nitrogens with one attached hydrogen (secondary N) is 1. The lowest BCUT2D eigenvalue weighted by atomic mass is 9.86. The van der Waals surface area contributed by atoms with Crippen LogP contribution in [0.5, 0.6) is 0 Å². The lowest BCUT2D eigenvalue weighted by Crippen LogP contribution is -2.46. The third-order valence-corrected chi connectivity index (χ3v) is 5.55. The van der Waals surface area contributed by atoms with E-state index in [0.717, 1.165) is 32.2 Å². The van der Waals surface area contributed by atoms with Crippen molar-refractivity contribution in [3.05, 3.63) is 22.4 Å². The summed E-state index contributed by atoms with van der Waals surface area (Å²) in [5, 5.41) is 16.3. The molecule has 1 aromatic rings. The Hall–Kier alpha value is -1.56. The Morgan fingerprint density at radius 1 is 1.23 bits per heavy atom. The minimum Gasteiger partial charge on any atom is -0.481 e. The molecular weight excluding hydrogens is 300 g/mol. The van der Waals surface area contributed by atoms with Gasteiger partial charge in [0, 0.05) is 12.6 Å². The molecule has 6 heteroatoms. The Kier molecular flexibility index (Phi) is 4.66. The Morgan fingerprint density at radius 2 is 2.00 bits per heavy atom. The normalized spacial score (nSPS) is 28.5. The summed E-state index contributed by atoms with van der Waals surface area (Å²) < 4.78 is 0. The maximum Gasteiger partial charge on any atom is 0.318 e. The van der Waals surface area contributed by atoms with Crippen molar-refractivity contribution in [3.8, 4) is 0 Å². The fourth-order valence-corrected chi connectivity index (χ4v) is 4.27. The van der Waals surface area contributed by atoms with Crippen LogP contribution in [0.4, 0.5) is 4.79 Å². The number of amides is 2. The van der Waals surface area contributed by atoms with Gasteiger partial charge in [-0.1, -0.05) is 0 Å². The van der Waals surface area contributed by atoms with Crippen LogP contribution in [0.1, 0.15) is 50.1 Å². The number of hydrogen-bond acceptors (Lipinski definition) is 3. The third-order valence-electron chi connectivity index (χ3n) is 4.85. The van der Waals surface area contributed by atoms with Gasteiger partial charge in [0.15, 0.2) is 0 Å². The van der Waals surface area contributed by atoms with Gasteiger partial charge >= 0.3 is 12.0 Å². The molecule has 0 radical (unpaired) electrons. The number of urea groups is 1. The topological polar surface area (TPSA) is 69.6 Å². The minimum absolute atomic E-state index is 0.00692. The van der Waals surface area contributed by atoms with Gasteiger partial charge in [-0.05, 0) is 60.9 Å². The second kappa shape index (κ2) is 6.69. The molecule has 2 fully saturated rings. The Morgan fingerprint density at radius 3 is 2.64 bits per heavy atom. The number of carbonyl (C=O) groups is 2. The first-order valence-corrected chi connectivity index (χ1v) is 8.91. The average molecular weight is 322 g/mol. The van der Waals surface area contributed by atoms with Crippen LogP contribution in [0.15, 0.2) is 16.8 Å². The summed E-state index contributed by atoms with van der Waals surface area (Å²) in [4.78, 5) is 25.4. The molecule has 1 saturated heterocycles. The zero-order valence-electron chi connectivity index (χ0n) is 12.5. The van der Waals surface area contributed by atoms with Crippen molar-refractivity contribution < 1.29 is 14.7 Å². The highest BCUT2D eigenvalue weighted by atomic mass is 32.1. The van der Waals surface area contributed by atoms with Gasteiger partial charge in [-0.2, -0.15) is 11.3 Å². The number of hydrogen-bond donors (Lipinski definition) is 2. The number of likely N-dealkylation sites (tertiary alicyclic amines) is 1. The lowest BCUT2D eigenvalue weighted by Gasteiger charge is -2.31. The van der Waals surface area contributed by atoms with Crippen molar-refractivity contribution in [2.45, 2.75) is 50.6 Å². The number of carbonyl (C=O) groups excluding carboxylic acids is 1. The largest absolute Gasteiger partial charge is 0.481 e. The van der Waals surface area contributed by atoms with E-state index in [1.807, 2.05) is 4.90 Å². The van der Waals surface area contributed by atoms with Gasteiger partial charge in [0.2, 0.25) is 0 Å². The van der Waals surface area contributed by atoms with E-state index in [-0.39, 0.29) is 24.0 Å². The number of nitrogens with zero attached hydrogens (tertiary/aromatic N) is 1. The summed E-state index contributed by atoms with van der Waals surface area (Å²) in [6.45, 7) is 0.802. The second-order valence-corrected chi connectivity index (χ2v) is 7.02. The van der Waals surface area contributed by atoms with Crippen LogP contribution < -0.4 is 5.32 Å². The molecule has 0 aromatic carbocycles. The van der Waals surface area contributed by atoms with Crippen molar-refractivity contribution in [2.24, 2.45) is 5.92 Å². The molecule has 2 heterocycles.